The number of benzene rings is 1. The van der Waals surface area contributed by atoms with Gasteiger partial charge in [0.2, 0.25) is 0 Å². The Balaban J connectivity index is 1.90. The Labute approximate surface area is 155 Å². The van der Waals surface area contributed by atoms with Gasteiger partial charge in [0, 0.05) is 0 Å². The fourth-order valence-corrected chi connectivity index (χ4v) is 3.23. The van der Waals surface area contributed by atoms with Gasteiger partial charge < -0.3 is 14.5 Å². The fraction of sp³-hybridized carbons (Fsp3) is 0.316. The summed E-state index contributed by atoms with van der Waals surface area (Å²) in [4.78, 5) is 38.3. The zero-order valence-electron chi connectivity index (χ0n) is 15.2. The summed E-state index contributed by atoms with van der Waals surface area (Å²) in [7, 11) is 1.25. The molecule has 1 aliphatic heterocycles. The van der Waals surface area contributed by atoms with Gasteiger partial charge in [-0.25, -0.2) is 14.0 Å². The van der Waals surface area contributed by atoms with Gasteiger partial charge >= 0.3 is 12.0 Å². The summed E-state index contributed by atoms with van der Waals surface area (Å²) in [5.74, 6) is -0.837. The van der Waals surface area contributed by atoms with E-state index in [2.05, 4.69) is 10.1 Å². The lowest BCUT2D eigenvalue weighted by atomic mass is 9.87. The van der Waals surface area contributed by atoms with Crippen LogP contribution >= 0.6 is 0 Å². The number of furan rings is 1. The number of nitrogens with zero attached hydrogens (tertiary/aromatic N) is 1. The highest BCUT2D eigenvalue weighted by Crippen LogP contribution is 2.33. The molecule has 2 heterocycles. The van der Waals surface area contributed by atoms with Gasteiger partial charge in [-0.05, 0) is 37.1 Å². The van der Waals surface area contributed by atoms with Crippen LogP contribution in [0.2, 0.25) is 0 Å². The molecule has 7 nitrogen and oxygen atoms in total. The Morgan fingerprint density at radius 1 is 1.30 bits per heavy atom. The van der Waals surface area contributed by atoms with Gasteiger partial charge in [0.05, 0.1) is 13.7 Å². The van der Waals surface area contributed by atoms with Crippen LogP contribution in [0.5, 0.6) is 0 Å². The molecular weight excluding hydrogens is 355 g/mol. The number of carbonyl (C=O) groups excluding carboxylic acids is 3. The average Bonchev–Trinajstić information content (AvgIpc) is 3.14. The van der Waals surface area contributed by atoms with E-state index in [4.69, 9.17) is 4.42 Å². The summed E-state index contributed by atoms with van der Waals surface area (Å²) in [6.07, 6.45) is 0.296. The van der Waals surface area contributed by atoms with Gasteiger partial charge in [0.15, 0.2) is 0 Å². The molecule has 0 aliphatic carbocycles. The molecule has 0 spiro atoms. The highest BCUT2D eigenvalue weighted by atomic mass is 19.1. The van der Waals surface area contributed by atoms with Crippen molar-refractivity contribution in [2.75, 3.05) is 7.11 Å². The van der Waals surface area contributed by atoms with Crippen molar-refractivity contribution in [1.29, 1.82) is 0 Å². The minimum absolute atomic E-state index is 0.133. The number of rotatable bonds is 5. The summed E-state index contributed by atoms with van der Waals surface area (Å²) in [5.41, 5.74) is -0.532. The van der Waals surface area contributed by atoms with Crippen molar-refractivity contribution >= 4 is 17.9 Å². The van der Waals surface area contributed by atoms with E-state index in [1.807, 2.05) is 0 Å². The van der Waals surface area contributed by atoms with Crippen LogP contribution in [0.3, 0.4) is 0 Å². The Hall–Kier alpha value is -3.16. The van der Waals surface area contributed by atoms with Gasteiger partial charge in [-0.1, -0.05) is 19.1 Å². The van der Waals surface area contributed by atoms with Gasteiger partial charge in [-0.2, -0.15) is 0 Å². The third-order valence-electron chi connectivity index (χ3n) is 4.73. The van der Waals surface area contributed by atoms with Crippen molar-refractivity contribution in [1.82, 2.24) is 10.2 Å². The molecule has 1 N–H and O–H groups in total. The van der Waals surface area contributed by atoms with Crippen LogP contribution < -0.4 is 5.32 Å². The molecule has 0 unspecified atom stereocenters. The standard InChI is InChI=1S/C19H19FN2O5/c1-4-19(12-5-7-13(20)8-6-12)17(24)22(18(25)21-19)10-14-9-15(11(2)27-14)16(23)26-3/h5-9H,4,10H2,1-3H3,(H,21,25)/t19-/m1/s1. The van der Waals surface area contributed by atoms with Crippen LogP contribution in [0, 0.1) is 12.7 Å². The number of urea groups is 1. The van der Waals surface area contributed by atoms with Crippen molar-refractivity contribution in [2.45, 2.75) is 32.4 Å². The lowest BCUT2D eigenvalue weighted by molar-refractivity contribution is -0.132. The lowest BCUT2D eigenvalue weighted by Crippen LogP contribution is -2.43. The molecule has 1 fully saturated rings. The Bertz CT molecular complexity index is 905. The number of esters is 1. The third kappa shape index (κ3) is 3.07. The third-order valence-corrected chi connectivity index (χ3v) is 4.73. The van der Waals surface area contributed by atoms with E-state index in [1.165, 1.54) is 37.4 Å². The molecule has 8 heteroatoms. The number of aryl methyl sites for hydroxylation is 1. The lowest BCUT2D eigenvalue weighted by Gasteiger charge is -2.25. The van der Waals surface area contributed by atoms with Crippen molar-refractivity contribution in [3.05, 3.63) is 58.8 Å². The number of hydrogen-bond acceptors (Lipinski definition) is 5. The number of ether oxygens (including phenoxy) is 1. The monoisotopic (exact) mass is 374 g/mol. The zero-order valence-corrected chi connectivity index (χ0v) is 15.2. The number of carbonyl (C=O) groups is 3. The highest BCUT2D eigenvalue weighted by molar-refractivity contribution is 6.07. The van der Waals surface area contributed by atoms with Gasteiger partial charge in [-0.15, -0.1) is 0 Å². The Morgan fingerprint density at radius 3 is 2.56 bits per heavy atom. The normalized spacial score (nSPS) is 19.3. The van der Waals surface area contributed by atoms with Crippen molar-refractivity contribution < 1.29 is 27.9 Å². The van der Waals surface area contributed by atoms with Crippen LogP contribution in [0.1, 0.15) is 40.8 Å². The summed E-state index contributed by atoms with van der Waals surface area (Å²) in [6.45, 7) is 3.22. The quantitative estimate of drug-likeness (QED) is 0.642. The maximum atomic E-state index is 13.2. The number of amides is 3. The predicted molar refractivity (Wildman–Crippen MR) is 92.2 cm³/mol. The second-order valence-electron chi connectivity index (χ2n) is 6.26. The van der Waals surface area contributed by atoms with Crippen molar-refractivity contribution in [3.8, 4) is 0 Å². The number of hydrogen-bond donors (Lipinski definition) is 1. The number of imide groups is 1. The maximum absolute atomic E-state index is 13.2. The smallest absolute Gasteiger partial charge is 0.341 e. The molecule has 142 valence electrons. The van der Waals surface area contributed by atoms with Crippen molar-refractivity contribution in [3.63, 3.8) is 0 Å². The Kier molecular flexibility index (Phi) is 4.73. The number of methoxy groups -OCH3 is 1. The van der Waals surface area contributed by atoms with E-state index in [9.17, 15) is 18.8 Å². The first-order valence-corrected chi connectivity index (χ1v) is 8.40. The molecule has 1 aromatic carbocycles. The minimum Gasteiger partial charge on any atom is -0.465 e. The first-order chi connectivity index (χ1) is 12.8. The van der Waals surface area contributed by atoms with Crippen LogP contribution in [-0.2, 0) is 21.6 Å². The summed E-state index contributed by atoms with van der Waals surface area (Å²) < 4.78 is 23.4. The molecule has 1 aliphatic rings. The molecule has 2 aromatic rings. The van der Waals surface area contributed by atoms with E-state index in [0.717, 1.165) is 4.90 Å². The van der Waals surface area contributed by atoms with E-state index < -0.39 is 29.3 Å². The van der Waals surface area contributed by atoms with E-state index in [0.29, 0.717) is 17.7 Å². The van der Waals surface area contributed by atoms with E-state index in [-0.39, 0.29) is 17.9 Å². The van der Waals surface area contributed by atoms with Crippen LogP contribution in [0.4, 0.5) is 9.18 Å². The van der Waals surface area contributed by atoms with Crippen LogP contribution in [0.15, 0.2) is 34.7 Å². The summed E-state index contributed by atoms with van der Waals surface area (Å²) in [5, 5.41) is 2.71. The second kappa shape index (κ2) is 6.86. The van der Waals surface area contributed by atoms with Crippen molar-refractivity contribution in [2.24, 2.45) is 0 Å². The topological polar surface area (TPSA) is 88.8 Å². The molecule has 0 saturated carbocycles. The van der Waals surface area contributed by atoms with E-state index >= 15 is 0 Å². The van der Waals surface area contributed by atoms with Crippen LogP contribution in [-0.4, -0.2) is 29.9 Å². The molecule has 1 saturated heterocycles. The molecule has 0 radical (unpaired) electrons. The van der Waals surface area contributed by atoms with Gasteiger partial charge in [0.25, 0.3) is 5.91 Å². The number of halogens is 1. The highest BCUT2D eigenvalue weighted by Gasteiger charge is 2.51. The van der Waals surface area contributed by atoms with Gasteiger partial charge in [0.1, 0.15) is 28.4 Å². The molecule has 27 heavy (non-hydrogen) atoms. The van der Waals surface area contributed by atoms with E-state index in [1.54, 1.807) is 13.8 Å². The largest absolute Gasteiger partial charge is 0.465 e. The molecular formula is C19H19FN2O5. The molecule has 1 atom stereocenters. The fourth-order valence-electron chi connectivity index (χ4n) is 3.23. The maximum Gasteiger partial charge on any atom is 0.341 e. The van der Waals surface area contributed by atoms with Crippen LogP contribution in [0.25, 0.3) is 0 Å². The predicted octanol–water partition coefficient (Wildman–Crippen LogP) is 2.87. The summed E-state index contributed by atoms with van der Waals surface area (Å²) >= 11 is 0. The minimum atomic E-state index is -1.27. The molecule has 1 aromatic heterocycles. The SMILES string of the molecule is CC[C@]1(c2ccc(F)cc2)NC(=O)N(Cc2cc(C(=O)OC)c(C)o2)C1=O. The average molecular weight is 374 g/mol. The molecule has 3 rings (SSSR count). The van der Waals surface area contributed by atoms with Gasteiger partial charge in [-0.3, -0.25) is 9.69 Å². The second-order valence-corrected chi connectivity index (χ2v) is 6.26. The first kappa shape index (κ1) is 18.6. The number of nitrogens with one attached hydrogen (secondary N) is 1. The zero-order chi connectivity index (χ0) is 19.8. The summed E-state index contributed by atoms with van der Waals surface area (Å²) in [6, 6.07) is 6.31. The first-order valence-electron chi connectivity index (χ1n) is 8.40. The molecule has 0 bridgehead atoms. The Morgan fingerprint density at radius 2 is 1.96 bits per heavy atom. The molecule has 3 amide bonds.